The van der Waals surface area contributed by atoms with E-state index in [4.69, 9.17) is 34.9 Å². The van der Waals surface area contributed by atoms with Crippen molar-refractivity contribution in [2.75, 3.05) is 26.4 Å². The second-order valence-corrected chi connectivity index (χ2v) is 8.17. The fourth-order valence-electron chi connectivity index (χ4n) is 3.37. The zero-order valence-electron chi connectivity index (χ0n) is 21.3. The molecule has 3 aromatic rings. The summed E-state index contributed by atoms with van der Waals surface area (Å²) in [6.45, 7) is -0.859. The van der Waals surface area contributed by atoms with Gasteiger partial charge in [0.1, 0.15) is 36.0 Å². The number of aliphatic carboxylic acids is 2. The largest absolute Gasteiger partial charge is 0.492 e. The van der Waals surface area contributed by atoms with Gasteiger partial charge in [-0.3, -0.25) is 4.79 Å². The van der Waals surface area contributed by atoms with Gasteiger partial charge in [-0.15, -0.1) is 0 Å². The molecule has 0 amide bonds. The Labute approximate surface area is 229 Å². The molecule has 0 aromatic heterocycles. The van der Waals surface area contributed by atoms with E-state index in [1.807, 2.05) is 30.3 Å². The van der Waals surface area contributed by atoms with E-state index < -0.39 is 36.9 Å². The van der Waals surface area contributed by atoms with Gasteiger partial charge in [-0.2, -0.15) is 0 Å². The van der Waals surface area contributed by atoms with Crippen molar-refractivity contribution in [3.05, 3.63) is 95.1 Å². The second-order valence-electron chi connectivity index (χ2n) is 8.17. The van der Waals surface area contributed by atoms with Gasteiger partial charge in [-0.25, -0.2) is 14.4 Å². The van der Waals surface area contributed by atoms with Crippen LogP contribution in [0.3, 0.4) is 0 Å². The molecule has 3 aromatic carbocycles. The number of rotatable bonds is 15. The summed E-state index contributed by atoms with van der Waals surface area (Å²) >= 11 is 0. The van der Waals surface area contributed by atoms with Crippen molar-refractivity contribution >= 4 is 29.8 Å². The molecule has 0 atom stereocenters. The Balaban J connectivity index is 1.87. The topological polar surface area (TPSA) is 172 Å². The zero-order valence-corrected chi connectivity index (χ0v) is 21.3. The van der Waals surface area contributed by atoms with Gasteiger partial charge in [-0.05, 0) is 47.5 Å². The van der Waals surface area contributed by atoms with Gasteiger partial charge in [0.25, 0.3) is 0 Å². The minimum atomic E-state index is -1.37. The Morgan fingerprint density at radius 3 is 2.17 bits per heavy atom. The lowest BCUT2D eigenvalue weighted by molar-refractivity contribution is -0.140. The van der Waals surface area contributed by atoms with Crippen molar-refractivity contribution in [3.63, 3.8) is 0 Å². The van der Waals surface area contributed by atoms with E-state index in [0.29, 0.717) is 23.6 Å². The van der Waals surface area contributed by atoms with Crippen LogP contribution in [0.15, 0.2) is 72.8 Å². The maximum atomic E-state index is 13.2. The summed E-state index contributed by atoms with van der Waals surface area (Å²) in [5.74, 6) is -3.48. The van der Waals surface area contributed by atoms with E-state index in [9.17, 15) is 19.2 Å². The Kier molecular flexibility index (Phi) is 10.8. The van der Waals surface area contributed by atoms with Crippen molar-refractivity contribution in [2.24, 2.45) is 5.73 Å². The fraction of sp³-hybridized carbons (Fsp3) is 0.172. The van der Waals surface area contributed by atoms with Crippen LogP contribution < -0.4 is 19.9 Å². The van der Waals surface area contributed by atoms with Crippen LogP contribution in [-0.2, 0) is 20.9 Å². The first-order valence-electron chi connectivity index (χ1n) is 12.0. The Hall–Kier alpha value is -5.16. The average Bonchev–Trinajstić information content (AvgIpc) is 2.96. The lowest BCUT2D eigenvalue weighted by atomic mass is 10.1. The summed E-state index contributed by atoms with van der Waals surface area (Å²) < 4.78 is 21.3. The quantitative estimate of drug-likeness (QED) is 0.144. The second kappa shape index (κ2) is 14.7. The van der Waals surface area contributed by atoms with Crippen molar-refractivity contribution in [1.82, 2.24) is 0 Å². The first-order chi connectivity index (χ1) is 19.3. The zero-order chi connectivity index (χ0) is 28.9. The van der Waals surface area contributed by atoms with Gasteiger partial charge in [0.15, 0.2) is 19.0 Å². The summed E-state index contributed by atoms with van der Waals surface area (Å²) in [6, 6.07) is 18.4. The molecule has 11 heteroatoms. The lowest BCUT2D eigenvalue weighted by Gasteiger charge is -2.13. The summed E-state index contributed by atoms with van der Waals surface area (Å²) in [4.78, 5) is 47.3. The molecule has 0 spiro atoms. The molecule has 0 unspecified atom stereocenters. The SMILES string of the molecule is NCCOc1ccc(OCc2ccccc2)c(C(=O)C=Cc2ccc(OCC(=O)O)c(C(=O)OCC(=O)O)c2)c1. The minimum Gasteiger partial charge on any atom is -0.492 e. The standard InChI is InChI=1S/C29H27NO10/c30-12-13-37-21-8-11-25(38-16-20-4-2-1-3-5-20)22(15-21)24(31)9-6-19-7-10-26(39-17-27(32)33)23(14-19)29(36)40-18-28(34)35/h1-11,14-15H,12-13,16-18,30H2,(H,32,33)(H,34,35). The summed E-state index contributed by atoms with van der Waals surface area (Å²) in [5.41, 5.74) is 6.80. The molecule has 0 saturated heterocycles. The normalized spacial score (nSPS) is 10.6. The Morgan fingerprint density at radius 1 is 0.775 bits per heavy atom. The number of carbonyl (C=O) groups is 4. The number of allylic oxidation sites excluding steroid dienone is 1. The third-order valence-corrected chi connectivity index (χ3v) is 5.17. The van der Waals surface area contributed by atoms with Gasteiger partial charge in [0.05, 0.1) is 5.56 Å². The predicted molar refractivity (Wildman–Crippen MR) is 143 cm³/mol. The number of nitrogens with two attached hydrogens (primary N) is 1. The average molecular weight is 550 g/mol. The van der Waals surface area contributed by atoms with Crippen LogP contribution in [-0.4, -0.2) is 60.3 Å². The van der Waals surface area contributed by atoms with Crippen LogP contribution in [0.1, 0.15) is 31.8 Å². The van der Waals surface area contributed by atoms with Gasteiger partial charge in [0.2, 0.25) is 0 Å². The highest BCUT2D eigenvalue weighted by atomic mass is 16.6. The van der Waals surface area contributed by atoms with Crippen LogP contribution in [0.2, 0.25) is 0 Å². The molecule has 208 valence electrons. The van der Waals surface area contributed by atoms with Crippen molar-refractivity contribution in [2.45, 2.75) is 6.61 Å². The molecule has 0 fully saturated rings. The number of benzene rings is 3. The summed E-state index contributed by atoms with van der Waals surface area (Å²) in [5, 5.41) is 17.7. The highest BCUT2D eigenvalue weighted by Gasteiger charge is 2.18. The molecule has 0 aliphatic carbocycles. The molecule has 11 nitrogen and oxygen atoms in total. The molecule has 0 bridgehead atoms. The molecule has 4 N–H and O–H groups in total. The maximum Gasteiger partial charge on any atom is 0.342 e. The molecule has 0 heterocycles. The van der Waals surface area contributed by atoms with E-state index in [1.54, 1.807) is 18.2 Å². The summed E-state index contributed by atoms with van der Waals surface area (Å²) in [7, 11) is 0. The third-order valence-electron chi connectivity index (χ3n) is 5.17. The highest BCUT2D eigenvalue weighted by molar-refractivity contribution is 6.09. The number of ketones is 1. The van der Waals surface area contributed by atoms with Crippen LogP contribution in [0, 0.1) is 0 Å². The maximum absolute atomic E-state index is 13.2. The smallest absolute Gasteiger partial charge is 0.342 e. The monoisotopic (exact) mass is 549 g/mol. The molecular weight excluding hydrogens is 522 g/mol. The fourth-order valence-corrected chi connectivity index (χ4v) is 3.37. The lowest BCUT2D eigenvalue weighted by Crippen LogP contribution is -2.16. The number of carboxylic acid groups (broad SMARTS) is 2. The minimum absolute atomic E-state index is 0.123. The van der Waals surface area contributed by atoms with E-state index in [1.165, 1.54) is 30.4 Å². The van der Waals surface area contributed by atoms with Gasteiger partial charge < -0.3 is 34.9 Å². The Morgan fingerprint density at radius 2 is 1.48 bits per heavy atom. The van der Waals surface area contributed by atoms with Crippen LogP contribution >= 0.6 is 0 Å². The highest BCUT2D eigenvalue weighted by Crippen LogP contribution is 2.27. The number of carbonyl (C=O) groups excluding carboxylic acids is 2. The number of carboxylic acids is 2. The van der Waals surface area contributed by atoms with Gasteiger partial charge >= 0.3 is 17.9 Å². The molecule has 40 heavy (non-hydrogen) atoms. The van der Waals surface area contributed by atoms with Crippen LogP contribution in [0.5, 0.6) is 17.2 Å². The predicted octanol–water partition coefficient (Wildman–Crippen LogP) is 3.20. The first-order valence-corrected chi connectivity index (χ1v) is 12.0. The van der Waals surface area contributed by atoms with Crippen molar-refractivity contribution in [1.29, 1.82) is 0 Å². The number of hydrogen-bond acceptors (Lipinski definition) is 9. The first kappa shape index (κ1) is 29.4. The molecule has 0 aliphatic heterocycles. The van der Waals surface area contributed by atoms with E-state index in [-0.39, 0.29) is 30.1 Å². The molecule has 0 saturated carbocycles. The molecule has 0 radical (unpaired) electrons. The summed E-state index contributed by atoms with van der Waals surface area (Å²) in [6.07, 6.45) is 2.68. The van der Waals surface area contributed by atoms with E-state index in [0.717, 1.165) is 5.56 Å². The van der Waals surface area contributed by atoms with Crippen LogP contribution in [0.25, 0.3) is 6.08 Å². The number of ether oxygens (including phenoxy) is 4. The number of hydrogen-bond donors (Lipinski definition) is 3. The van der Waals surface area contributed by atoms with Gasteiger partial charge in [0, 0.05) is 6.54 Å². The third kappa shape index (κ3) is 8.99. The van der Waals surface area contributed by atoms with E-state index >= 15 is 0 Å². The van der Waals surface area contributed by atoms with Crippen LogP contribution in [0.4, 0.5) is 0 Å². The van der Waals surface area contributed by atoms with Gasteiger partial charge in [-0.1, -0.05) is 42.5 Å². The number of esters is 1. The van der Waals surface area contributed by atoms with Crippen molar-refractivity contribution < 1.29 is 48.3 Å². The molecular formula is C29H27NO10. The Bertz CT molecular complexity index is 1380. The molecule has 0 aliphatic rings. The van der Waals surface area contributed by atoms with Crippen molar-refractivity contribution in [3.8, 4) is 17.2 Å². The van der Waals surface area contributed by atoms with E-state index in [2.05, 4.69) is 0 Å². The molecule has 3 rings (SSSR count).